The van der Waals surface area contributed by atoms with E-state index in [2.05, 4.69) is 11.8 Å². The van der Waals surface area contributed by atoms with Crippen molar-refractivity contribution in [3.63, 3.8) is 0 Å². The van der Waals surface area contributed by atoms with E-state index < -0.39 is 0 Å². The molecule has 0 aliphatic carbocycles. The number of nitrogens with two attached hydrogens (primary N) is 1. The van der Waals surface area contributed by atoms with Gasteiger partial charge in [0.1, 0.15) is 0 Å². The molecule has 0 aromatic carbocycles. The maximum Gasteiger partial charge on any atom is 0.0931 e. The minimum atomic E-state index is -0.268. The van der Waals surface area contributed by atoms with Crippen molar-refractivity contribution in [3.05, 3.63) is 0 Å². The van der Waals surface area contributed by atoms with Gasteiger partial charge in [-0.15, -0.1) is 5.92 Å². The first-order valence-corrected chi connectivity index (χ1v) is 3.56. The molecule has 0 aromatic rings. The third-order valence-corrected chi connectivity index (χ3v) is 1.41. The van der Waals surface area contributed by atoms with Crippen LogP contribution in [0.3, 0.4) is 0 Å². The van der Waals surface area contributed by atoms with E-state index in [9.17, 15) is 4.39 Å². The van der Waals surface area contributed by atoms with Crippen LogP contribution in [-0.2, 0) is 0 Å². The average Bonchev–Trinajstić information content (AvgIpc) is 1.99. The first kappa shape index (κ1) is 9.45. The second-order valence-electron chi connectivity index (χ2n) is 2.19. The molecule has 1 nitrogen and oxygen atoms in total. The smallest absolute Gasteiger partial charge is 0.0931 e. The van der Waals surface area contributed by atoms with E-state index >= 15 is 0 Å². The molecule has 0 rings (SSSR count). The molecule has 0 aliphatic rings. The van der Waals surface area contributed by atoms with Crippen molar-refractivity contribution in [2.75, 3.05) is 13.2 Å². The number of hydrogen-bond acceptors (Lipinski definition) is 1. The van der Waals surface area contributed by atoms with Crippen molar-refractivity contribution in [2.24, 2.45) is 11.7 Å². The highest BCUT2D eigenvalue weighted by Crippen LogP contribution is 2.06. The van der Waals surface area contributed by atoms with Crippen molar-refractivity contribution < 1.29 is 4.39 Å². The van der Waals surface area contributed by atoms with E-state index in [1.54, 1.807) is 0 Å². The largest absolute Gasteiger partial charge is 0.320 e. The number of alkyl halides is 1. The number of halogens is 1. The molecule has 0 bridgehead atoms. The van der Waals surface area contributed by atoms with Crippen LogP contribution in [-0.4, -0.2) is 13.2 Å². The van der Waals surface area contributed by atoms with Crippen molar-refractivity contribution in [3.8, 4) is 11.8 Å². The van der Waals surface area contributed by atoms with Gasteiger partial charge in [0.15, 0.2) is 0 Å². The molecule has 0 aromatic heterocycles. The fourth-order valence-electron chi connectivity index (χ4n) is 0.597. The molecule has 10 heavy (non-hydrogen) atoms. The molecular formula is C8H14FN. The first-order valence-electron chi connectivity index (χ1n) is 3.56. The Morgan fingerprint density at radius 2 is 2.20 bits per heavy atom. The first-order chi connectivity index (χ1) is 4.85. The summed E-state index contributed by atoms with van der Waals surface area (Å²) in [6.45, 7) is 2.08. The summed E-state index contributed by atoms with van der Waals surface area (Å²) in [5, 5.41) is 0. The summed E-state index contributed by atoms with van der Waals surface area (Å²) >= 11 is 0. The van der Waals surface area contributed by atoms with Crippen LogP contribution in [0.25, 0.3) is 0 Å². The molecule has 0 aliphatic heterocycles. The third kappa shape index (κ3) is 4.34. The maximum absolute atomic E-state index is 12.0. The number of rotatable bonds is 3. The lowest BCUT2D eigenvalue weighted by atomic mass is 10.1. The van der Waals surface area contributed by atoms with Gasteiger partial charge in [0.2, 0.25) is 0 Å². The molecule has 0 fully saturated rings. The Kier molecular flexibility index (Phi) is 6.21. The van der Waals surface area contributed by atoms with E-state index in [0.29, 0.717) is 13.0 Å². The molecule has 0 amide bonds. The predicted molar refractivity (Wildman–Crippen MR) is 41.2 cm³/mol. The standard InChI is InChI=1S/C8H14FN/c1-2-8(7-9)5-3-4-6-10/h8H,2,5-7,10H2,1H3. The predicted octanol–water partition coefficient (Wildman–Crippen LogP) is 1.33. The molecule has 0 heterocycles. The van der Waals surface area contributed by atoms with Gasteiger partial charge < -0.3 is 5.73 Å². The van der Waals surface area contributed by atoms with E-state index in [4.69, 9.17) is 5.73 Å². The molecule has 1 atom stereocenters. The Morgan fingerprint density at radius 3 is 2.60 bits per heavy atom. The fraction of sp³-hybridized carbons (Fsp3) is 0.750. The molecule has 0 spiro atoms. The van der Waals surface area contributed by atoms with Gasteiger partial charge in [-0.2, -0.15) is 0 Å². The second-order valence-corrected chi connectivity index (χ2v) is 2.19. The summed E-state index contributed by atoms with van der Waals surface area (Å²) in [6, 6.07) is 0. The molecule has 58 valence electrons. The molecule has 0 saturated carbocycles. The highest BCUT2D eigenvalue weighted by Gasteiger charge is 2.01. The topological polar surface area (TPSA) is 26.0 Å². The fourth-order valence-corrected chi connectivity index (χ4v) is 0.597. The summed E-state index contributed by atoms with van der Waals surface area (Å²) in [7, 11) is 0. The zero-order valence-electron chi connectivity index (χ0n) is 6.36. The van der Waals surface area contributed by atoms with E-state index in [0.717, 1.165) is 6.42 Å². The quantitative estimate of drug-likeness (QED) is 0.593. The monoisotopic (exact) mass is 143 g/mol. The average molecular weight is 143 g/mol. The van der Waals surface area contributed by atoms with E-state index in [1.807, 2.05) is 6.92 Å². The highest BCUT2D eigenvalue weighted by molar-refractivity contribution is 5.00. The van der Waals surface area contributed by atoms with Gasteiger partial charge >= 0.3 is 0 Å². The van der Waals surface area contributed by atoms with Crippen LogP contribution in [0.5, 0.6) is 0 Å². The Bertz CT molecular complexity index is 119. The Balaban J connectivity index is 3.43. The van der Waals surface area contributed by atoms with Crippen LogP contribution >= 0.6 is 0 Å². The Morgan fingerprint density at radius 1 is 1.50 bits per heavy atom. The Labute approximate surface area is 61.8 Å². The van der Waals surface area contributed by atoms with Crippen LogP contribution in [0.1, 0.15) is 19.8 Å². The van der Waals surface area contributed by atoms with Gasteiger partial charge in [-0.3, -0.25) is 4.39 Å². The van der Waals surface area contributed by atoms with Crippen molar-refractivity contribution >= 4 is 0 Å². The lowest BCUT2D eigenvalue weighted by Crippen LogP contribution is -2.00. The minimum absolute atomic E-state index is 0.110. The van der Waals surface area contributed by atoms with E-state index in [-0.39, 0.29) is 12.6 Å². The molecule has 2 N–H and O–H groups in total. The van der Waals surface area contributed by atoms with Crippen LogP contribution in [0.2, 0.25) is 0 Å². The van der Waals surface area contributed by atoms with Crippen LogP contribution in [0, 0.1) is 17.8 Å². The maximum atomic E-state index is 12.0. The summed E-state index contributed by atoms with van der Waals surface area (Å²) in [6.07, 6.45) is 1.50. The van der Waals surface area contributed by atoms with Gasteiger partial charge in [0, 0.05) is 6.42 Å². The van der Waals surface area contributed by atoms with Crippen LogP contribution in [0.4, 0.5) is 4.39 Å². The van der Waals surface area contributed by atoms with Gasteiger partial charge in [-0.1, -0.05) is 12.8 Å². The Hall–Kier alpha value is -0.550. The molecule has 2 heteroatoms. The summed E-state index contributed by atoms with van der Waals surface area (Å²) in [4.78, 5) is 0. The van der Waals surface area contributed by atoms with Gasteiger partial charge in [-0.05, 0) is 12.3 Å². The zero-order valence-corrected chi connectivity index (χ0v) is 6.36. The minimum Gasteiger partial charge on any atom is -0.320 e. The molecule has 0 saturated heterocycles. The normalized spacial score (nSPS) is 11.9. The second kappa shape index (κ2) is 6.57. The van der Waals surface area contributed by atoms with Gasteiger partial charge in [0.25, 0.3) is 0 Å². The SMILES string of the molecule is CCC(CF)CC#CCN. The van der Waals surface area contributed by atoms with Crippen molar-refractivity contribution in [1.82, 2.24) is 0 Å². The lowest BCUT2D eigenvalue weighted by molar-refractivity contribution is 0.358. The van der Waals surface area contributed by atoms with E-state index in [1.165, 1.54) is 0 Å². The summed E-state index contributed by atoms with van der Waals surface area (Å²) < 4.78 is 12.0. The summed E-state index contributed by atoms with van der Waals surface area (Å²) in [5.41, 5.74) is 5.13. The van der Waals surface area contributed by atoms with Crippen LogP contribution < -0.4 is 5.73 Å². The van der Waals surface area contributed by atoms with Crippen LogP contribution in [0.15, 0.2) is 0 Å². The molecule has 0 radical (unpaired) electrons. The zero-order chi connectivity index (χ0) is 7.82. The molecular weight excluding hydrogens is 129 g/mol. The highest BCUT2D eigenvalue weighted by atomic mass is 19.1. The van der Waals surface area contributed by atoms with Crippen molar-refractivity contribution in [2.45, 2.75) is 19.8 Å². The summed E-state index contributed by atoms with van der Waals surface area (Å²) in [5.74, 6) is 5.64. The van der Waals surface area contributed by atoms with Gasteiger partial charge in [-0.25, -0.2) is 0 Å². The third-order valence-electron chi connectivity index (χ3n) is 1.41. The van der Waals surface area contributed by atoms with Crippen molar-refractivity contribution in [1.29, 1.82) is 0 Å². The van der Waals surface area contributed by atoms with Gasteiger partial charge in [0.05, 0.1) is 13.2 Å². The lowest BCUT2D eigenvalue weighted by Gasteiger charge is -2.02. The molecule has 1 unspecified atom stereocenters. The number of hydrogen-bond donors (Lipinski definition) is 1.